The Kier molecular flexibility index (Phi) is 9.89. The van der Waals surface area contributed by atoms with E-state index in [1.165, 1.54) is 21.3 Å². The summed E-state index contributed by atoms with van der Waals surface area (Å²) in [6, 6.07) is 3.31. The monoisotopic (exact) mass is 508 g/mol. The zero-order valence-electron chi connectivity index (χ0n) is 21.6. The molecule has 5 atom stereocenters. The SMILES string of the molecule is COCOc1cc(OC)cc2c1C(=O)O[C@@H](C)[C@H](OCOC)/C=C\C(O)C1OC(C)(C)O[C@H]1C/C=C/2. The van der Waals surface area contributed by atoms with E-state index in [1.807, 2.05) is 6.08 Å². The zero-order valence-corrected chi connectivity index (χ0v) is 21.6. The topological polar surface area (TPSA) is 111 Å². The van der Waals surface area contributed by atoms with E-state index in [-0.39, 0.29) is 24.9 Å². The molecule has 10 heteroatoms. The molecule has 0 radical (unpaired) electrons. The first-order valence-corrected chi connectivity index (χ1v) is 11.7. The highest BCUT2D eigenvalue weighted by atomic mass is 16.8. The molecule has 36 heavy (non-hydrogen) atoms. The Morgan fingerprint density at radius 3 is 2.53 bits per heavy atom. The van der Waals surface area contributed by atoms with Crippen molar-refractivity contribution in [2.24, 2.45) is 0 Å². The largest absolute Gasteiger partial charge is 0.497 e. The number of fused-ring (bicyclic) bond motifs is 2. The smallest absolute Gasteiger partial charge is 0.342 e. The molecule has 2 aliphatic heterocycles. The van der Waals surface area contributed by atoms with Crippen LogP contribution in [-0.4, -0.2) is 82.3 Å². The summed E-state index contributed by atoms with van der Waals surface area (Å²) in [5.41, 5.74) is 0.734. The van der Waals surface area contributed by atoms with Gasteiger partial charge in [-0.15, -0.1) is 0 Å². The van der Waals surface area contributed by atoms with Crippen molar-refractivity contribution in [3.8, 4) is 11.5 Å². The van der Waals surface area contributed by atoms with Gasteiger partial charge in [-0.3, -0.25) is 0 Å². The highest BCUT2D eigenvalue weighted by Crippen LogP contribution is 2.34. The third kappa shape index (κ3) is 7.06. The van der Waals surface area contributed by atoms with Crippen molar-refractivity contribution >= 4 is 12.0 Å². The number of carbonyl (C=O) groups is 1. The Morgan fingerprint density at radius 1 is 1.08 bits per heavy atom. The van der Waals surface area contributed by atoms with Crippen LogP contribution in [0.25, 0.3) is 6.08 Å². The first-order valence-electron chi connectivity index (χ1n) is 11.7. The zero-order chi connectivity index (χ0) is 26.3. The molecule has 0 aromatic heterocycles. The second kappa shape index (κ2) is 12.7. The van der Waals surface area contributed by atoms with E-state index >= 15 is 0 Å². The standard InChI is InChI=1S/C26H36O10/c1-16-20(32-14-29-4)11-10-19(27)24-21(35-26(2,3)36-24)9-7-8-17-12-18(31-6)13-22(33-15-30-5)23(17)25(28)34-16/h7-8,10-13,16,19-21,24,27H,9,14-15H2,1-6H3/b8-7+,11-10-/t16-,19?,20+,21-,24?/m0/s1. The number of rotatable bonds is 7. The van der Waals surface area contributed by atoms with Gasteiger partial charge in [-0.25, -0.2) is 4.79 Å². The third-order valence-corrected chi connectivity index (χ3v) is 5.73. The number of methoxy groups -OCH3 is 3. The number of esters is 1. The van der Waals surface area contributed by atoms with Gasteiger partial charge in [0.05, 0.1) is 13.2 Å². The van der Waals surface area contributed by atoms with Gasteiger partial charge in [-0.05, 0) is 38.8 Å². The van der Waals surface area contributed by atoms with Crippen molar-refractivity contribution in [2.75, 3.05) is 34.9 Å². The van der Waals surface area contributed by atoms with Gasteiger partial charge in [0.15, 0.2) is 12.6 Å². The maximum atomic E-state index is 13.4. The number of hydrogen-bond donors (Lipinski definition) is 1. The lowest BCUT2D eigenvalue weighted by atomic mass is 10.0. The van der Waals surface area contributed by atoms with E-state index in [0.29, 0.717) is 17.7 Å². The number of ether oxygens (including phenoxy) is 8. The minimum Gasteiger partial charge on any atom is -0.497 e. The highest BCUT2D eigenvalue weighted by Gasteiger charge is 2.43. The Labute approximate surface area is 211 Å². The van der Waals surface area contributed by atoms with Crippen LogP contribution < -0.4 is 9.47 Å². The van der Waals surface area contributed by atoms with Gasteiger partial charge in [-0.1, -0.05) is 24.3 Å². The van der Waals surface area contributed by atoms with Gasteiger partial charge in [0.25, 0.3) is 0 Å². The molecule has 2 unspecified atom stereocenters. The maximum absolute atomic E-state index is 13.4. The van der Waals surface area contributed by atoms with Crippen LogP contribution in [0.3, 0.4) is 0 Å². The lowest BCUT2D eigenvalue weighted by Gasteiger charge is -2.24. The number of aliphatic hydroxyl groups excluding tert-OH is 1. The highest BCUT2D eigenvalue weighted by molar-refractivity contribution is 5.97. The van der Waals surface area contributed by atoms with Crippen molar-refractivity contribution in [3.63, 3.8) is 0 Å². The quantitative estimate of drug-likeness (QED) is 0.335. The molecule has 2 heterocycles. The predicted octanol–water partition coefficient (Wildman–Crippen LogP) is 3.07. The normalized spacial score (nSPS) is 29.9. The molecular formula is C26H36O10. The van der Waals surface area contributed by atoms with E-state index in [4.69, 9.17) is 37.9 Å². The first kappa shape index (κ1) is 28.1. The van der Waals surface area contributed by atoms with Gasteiger partial charge in [0.1, 0.15) is 48.3 Å². The van der Waals surface area contributed by atoms with Gasteiger partial charge in [0.2, 0.25) is 0 Å². The fourth-order valence-corrected chi connectivity index (χ4v) is 4.10. The van der Waals surface area contributed by atoms with E-state index in [1.54, 1.807) is 51.1 Å². The Hall–Kier alpha value is -2.47. The first-order chi connectivity index (χ1) is 17.2. The second-order valence-electron chi connectivity index (χ2n) is 8.94. The number of hydrogen-bond acceptors (Lipinski definition) is 10. The lowest BCUT2D eigenvalue weighted by molar-refractivity contribution is -0.152. The molecule has 0 bridgehead atoms. The van der Waals surface area contributed by atoms with Crippen molar-refractivity contribution in [2.45, 2.75) is 63.5 Å². The molecule has 1 fully saturated rings. The predicted molar refractivity (Wildman–Crippen MR) is 130 cm³/mol. The van der Waals surface area contributed by atoms with Crippen molar-refractivity contribution in [3.05, 3.63) is 41.5 Å². The molecule has 1 saturated heterocycles. The number of benzene rings is 1. The number of aliphatic hydroxyl groups is 1. The maximum Gasteiger partial charge on any atom is 0.342 e. The summed E-state index contributed by atoms with van der Waals surface area (Å²) in [6.07, 6.45) is 3.76. The summed E-state index contributed by atoms with van der Waals surface area (Å²) in [7, 11) is 4.50. The minimum absolute atomic E-state index is 0.0373. The van der Waals surface area contributed by atoms with E-state index in [0.717, 1.165) is 0 Å². The average Bonchev–Trinajstić information content (AvgIpc) is 3.15. The van der Waals surface area contributed by atoms with Crippen molar-refractivity contribution in [1.29, 1.82) is 0 Å². The summed E-state index contributed by atoms with van der Waals surface area (Å²) >= 11 is 0. The van der Waals surface area contributed by atoms with Crippen LogP contribution in [0.1, 0.15) is 43.1 Å². The Bertz CT molecular complexity index is 941. The molecule has 0 spiro atoms. The summed E-state index contributed by atoms with van der Waals surface area (Å²) in [5, 5.41) is 10.9. The van der Waals surface area contributed by atoms with Gasteiger partial charge in [-0.2, -0.15) is 0 Å². The van der Waals surface area contributed by atoms with Crippen LogP contribution in [0.4, 0.5) is 0 Å². The lowest BCUT2D eigenvalue weighted by Crippen LogP contribution is -2.35. The van der Waals surface area contributed by atoms with Gasteiger partial charge >= 0.3 is 5.97 Å². The minimum atomic E-state index is -0.980. The van der Waals surface area contributed by atoms with Crippen molar-refractivity contribution < 1.29 is 47.8 Å². The molecule has 1 N–H and O–H groups in total. The molecule has 0 saturated carbocycles. The molecule has 1 aromatic rings. The van der Waals surface area contributed by atoms with Gasteiger partial charge < -0.3 is 43.0 Å². The summed E-state index contributed by atoms with van der Waals surface area (Å²) < 4.78 is 44.7. The van der Waals surface area contributed by atoms with Crippen LogP contribution in [0.5, 0.6) is 11.5 Å². The average molecular weight is 509 g/mol. The Balaban J connectivity index is 2.07. The molecular weight excluding hydrogens is 472 g/mol. The molecule has 10 nitrogen and oxygen atoms in total. The van der Waals surface area contributed by atoms with E-state index in [9.17, 15) is 9.90 Å². The molecule has 1 aromatic carbocycles. The van der Waals surface area contributed by atoms with E-state index in [2.05, 4.69) is 0 Å². The van der Waals surface area contributed by atoms with Gasteiger partial charge in [0, 0.05) is 20.3 Å². The van der Waals surface area contributed by atoms with Crippen LogP contribution in [0.2, 0.25) is 0 Å². The number of cyclic esters (lactones) is 1. The molecule has 200 valence electrons. The van der Waals surface area contributed by atoms with Crippen LogP contribution in [-0.2, 0) is 28.4 Å². The van der Waals surface area contributed by atoms with Crippen molar-refractivity contribution in [1.82, 2.24) is 0 Å². The van der Waals surface area contributed by atoms with Crippen LogP contribution >= 0.6 is 0 Å². The molecule has 0 aliphatic carbocycles. The summed E-state index contributed by atoms with van der Waals surface area (Å²) in [4.78, 5) is 13.4. The fourth-order valence-electron chi connectivity index (χ4n) is 4.10. The molecule has 2 aliphatic rings. The van der Waals surface area contributed by atoms with Crippen LogP contribution in [0.15, 0.2) is 30.4 Å². The molecule has 3 rings (SSSR count). The second-order valence-corrected chi connectivity index (χ2v) is 8.94. The Morgan fingerprint density at radius 2 is 1.83 bits per heavy atom. The third-order valence-electron chi connectivity index (χ3n) is 5.73. The van der Waals surface area contributed by atoms with E-state index < -0.39 is 42.3 Å². The summed E-state index contributed by atoms with van der Waals surface area (Å²) in [6.45, 7) is 5.18. The molecule has 0 amide bonds. The number of carbonyl (C=O) groups excluding carboxylic acids is 1. The summed E-state index contributed by atoms with van der Waals surface area (Å²) in [5.74, 6) is -0.745. The van der Waals surface area contributed by atoms with Crippen LogP contribution in [0, 0.1) is 0 Å². The fraction of sp³-hybridized carbons (Fsp3) is 0.577.